The van der Waals surface area contributed by atoms with E-state index in [0.29, 0.717) is 12.8 Å². The Balaban J connectivity index is -0.000000385. The lowest BCUT2D eigenvalue weighted by Crippen LogP contribution is -2.35. The van der Waals surface area contributed by atoms with Gasteiger partial charge in [0.2, 0.25) is 11.8 Å². The Morgan fingerprint density at radius 1 is 0.971 bits per heavy atom. The van der Waals surface area contributed by atoms with Gasteiger partial charge in [-0.15, -0.1) is 0 Å². The number of rotatable bonds is 10. The standard InChI is InChI=1S/C8H8.C7H10N2O2.C6H10O3.C4H6O2/c1-2-8-6-4-3-5-7-8;1-3-6(10)8-5-9-7(11)4-2;1-5(6(8)9)3-2-4-7;1-3-6-4(2)5/h2-7H,1H2;3-4H,1-2,5H2,(H,8,10)(H,9,11);7H,1-4H2,(H,8,9);3H,1H2,2H3. The molecule has 9 nitrogen and oxygen atoms in total. The smallest absolute Gasteiger partial charge is 0.330 e. The molecule has 0 heterocycles. The third-order valence-electron chi connectivity index (χ3n) is 3.12. The molecule has 0 bridgehead atoms. The Bertz CT molecular complexity index is 783. The van der Waals surface area contributed by atoms with E-state index in [2.05, 4.69) is 48.3 Å². The Morgan fingerprint density at radius 2 is 1.47 bits per heavy atom. The summed E-state index contributed by atoms with van der Waals surface area (Å²) in [5.74, 6) is -1.96. The summed E-state index contributed by atoms with van der Waals surface area (Å²) in [6.07, 6.45) is 6.03. The van der Waals surface area contributed by atoms with Gasteiger partial charge in [0, 0.05) is 19.1 Å². The summed E-state index contributed by atoms with van der Waals surface area (Å²) in [5, 5.41) is 21.2. The van der Waals surface area contributed by atoms with E-state index in [0.717, 1.165) is 18.4 Å². The number of carboxylic acid groups (broad SMARTS) is 1. The monoisotopic (exact) mass is 474 g/mol. The second-order valence-corrected chi connectivity index (χ2v) is 5.79. The van der Waals surface area contributed by atoms with Crippen molar-refractivity contribution in [2.75, 3.05) is 13.3 Å². The summed E-state index contributed by atoms with van der Waals surface area (Å²) in [7, 11) is 0. The number of benzene rings is 1. The topological polar surface area (TPSA) is 142 Å². The fourth-order valence-corrected chi connectivity index (χ4v) is 1.47. The molecule has 0 fully saturated rings. The van der Waals surface area contributed by atoms with Crippen LogP contribution < -0.4 is 10.6 Å². The maximum atomic E-state index is 10.5. The van der Waals surface area contributed by atoms with Gasteiger partial charge < -0.3 is 25.6 Å². The van der Waals surface area contributed by atoms with Gasteiger partial charge in [-0.2, -0.15) is 0 Å². The first-order chi connectivity index (χ1) is 16.1. The van der Waals surface area contributed by atoms with E-state index in [4.69, 9.17) is 10.2 Å². The van der Waals surface area contributed by atoms with Crippen LogP contribution in [0.25, 0.3) is 6.08 Å². The van der Waals surface area contributed by atoms with E-state index in [-0.39, 0.29) is 36.6 Å². The van der Waals surface area contributed by atoms with Crippen molar-refractivity contribution in [3.63, 3.8) is 0 Å². The summed E-state index contributed by atoms with van der Waals surface area (Å²) >= 11 is 0. The Hall–Kier alpha value is -4.24. The molecule has 2 amide bonds. The summed E-state index contributed by atoms with van der Waals surface area (Å²) in [6.45, 7) is 18.0. The fraction of sp³-hybridized carbons (Fsp3) is 0.200. The highest BCUT2D eigenvalue weighted by atomic mass is 16.5. The first-order valence-corrected chi connectivity index (χ1v) is 9.87. The molecule has 0 aromatic heterocycles. The number of nitrogens with one attached hydrogen (secondary N) is 2. The van der Waals surface area contributed by atoms with Crippen LogP contribution in [0, 0.1) is 0 Å². The van der Waals surface area contributed by atoms with Gasteiger partial charge in [-0.25, -0.2) is 4.79 Å². The number of ether oxygens (including phenoxy) is 1. The minimum absolute atomic E-state index is 0.0201. The molecule has 0 saturated carbocycles. The van der Waals surface area contributed by atoms with Crippen molar-refractivity contribution in [1.29, 1.82) is 0 Å². The van der Waals surface area contributed by atoms with Crippen LogP contribution in [0.4, 0.5) is 0 Å². The van der Waals surface area contributed by atoms with Gasteiger partial charge in [-0.05, 0) is 30.6 Å². The largest absolute Gasteiger partial charge is 0.478 e. The fourth-order valence-electron chi connectivity index (χ4n) is 1.47. The lowest BCUT2D eigenvalue weighted by atomic mass is 10.2. The number of carboxylic acids is 1. The van der Waals surface area contributed by atoms with Crippen LogP contribution in [0.5, 0.6) is 0 Å². The Labute approximate surface area is 200 Å². The van der Waals surface area contributed by atoms with Crippen molar-refractivity contribution in [3.05, 3.63) is 92.8 Å². The van der Waals surface area contributed by atoms with Crippen molar-refractivity contribution in [3.8, 4) is 0 Å². The van der Waals surface area contributed by atoms with E-state index in [1.54, 1.807) is 0 Å². The van der Waals surface area contributed by atoms with Crippen LogP contribution in [0.1, 0.15) is 25.3 Å². The molecular formula is C25H34N2O7. The summed E-state index contributed by atoms with van der Waals surface area (Å²) in [6, 6.07) is 10.0. The second-order valence-electron chi connectivity index (χ2n) is 5.79. The van der Waals surface area contributed by atoms with Gasteiger partial charge in [-0.3, -0.25) is 14.4 Å². The van der Waals surface area contributed by atoms with E-state index < -0.39 is 5.97 Å². The van der Waals surface area contributed by atoms with Gasteiger partial charge in [-0.1, -0.05) is 69.3 Å². The predicted molar refractivity (Wildman–Crippen MR) is 133 cm³/mol. The van der Waals surface area contributed by atoms with Crippen LogP contribution >= 0.6 is 0 Å². The van der Waals surface area contributed by atoms with Crippen LogP contribution in [-0.4, -0.2) is 47.2 Å². The summed E-state index contributed by atoms with van der Waals surface area (Å²) in [5.41, 5.74) is 1.33. The molecule has 0 spiro atoms. The molecule has 0 saturated heterocycles. The highest BCUT2D eigenvalue weighted by Gasteiger charge is 2.01. The molecule has 0 unspecified atom stereocenters. The number of aliphatic carboxylic acids is 1. The number of hydrogen-bond donors (Lipinski definition) is 4. The average molecular weight is 475 g/mol. The molecule has 0 atom stereocenters. The number of hydrogen-bond acceptors (Lipinski definition) is 6. The normalized spacial score (nSPS) is 8.18. The minimum atomic E-state index is -0.983. The lowest BCUT2D eigenvalue weighted by Gasteiger charge is -2.01. The van der Waals surface area contributed by atoms with Crippen molar-refractivity contribution in [1.82, 2.24) is 10.6 Å². The maximum Gasteiger partial charge on any atom is 0.330 e. The SMILES string of the molecule is C=C(CCCO)C(=O)O.C=CC(=O)NCNC(=O)C=C.C=COC(C)=O.C=Cc1ccccc1. The van der Waals surface area contributed by atoms with Crippen LogP contribution in [0.2, 0.25) is 0 Å². The zero-order valence-corrected chi connectivity index (χ0v) is 19.5. The zero-order chi connectivity index (χ0) is 26.8. The molecule has 0 aliphatic rings. The Morgan fingerprint density at radius 3 is 1.74 bits per heavy atom. The lowest BCUT2D eigenvalue weighted by molar-refractivity contribution is -0.135. The molecule has 186 valence electrons. The molecule has 0 aliphatic carbocycles. The minimum Gasteiger partial charge on any atom is -0.478 e. The third-order valence-corrected chi connectivity index (χ3v) is 3.12. The van der Waals surface area contributed by atoms with E-state index in [1.165, 1.54) is 12.5 Å². The highest BCUT2D eigenvalue weighted by Crippen LogP contribution is 2.00. The number of amides is 2. The van der Waals surface area contributed by atoms with E-state index >= 15 is 0 Å². The second kappa shape index (κ2) is 25.0. The first-order valence-electron chi connectivity index (χ1n) is 9.87. The number of esters is 1. The molecule has 34 heavy (non-hydrogen) atoms. The molecule has 4 N–H and O–H groups in total. The van der Waals surface area contributed by atoms with Crippen molar-refractivity contribution >= 4 is 29.8 Å². The molecule has 9 heteroatoms. The molecule has 1 rings (SSSR count). The van der Waals surface area contributed by atoms with Gasteiger partial charge in [0.1, 0.15) is 0 Å². The van der Waals surface area contributed by atoms with Gasteiger partial charge in [0.25, 0.3) is 0 Å². The third kappa shape index (κ3) is 27.8. The number of carbonyl (C=O) groups is 4. The number of carbonyl (C=O) groups excluding carboxylic acids is 3. The van der Waals surface area contributed by atoms with E-state index in [9.17, 15) is 19.2 Å². The van der Waals surface area contributed by atoms with Crippen molar-refractivity contribution < 1.29 is 34.1 Å². The maximum absolute atomic E-state index is 10.5. The highest BCUT2D eigenvalue weighted by molar-refractivity contribution is 5.89. The van der Waals surface area contributed by atoms with Gasteiger partial charge in [0.05, 0.1) is 12.9 Å². The average Bonchev–Trinajstić information content (AvgIpc) is 2.83. The molecule has 1 aromatic carbocycles. The number of aliphatic hydroxyl groups excluding tert-OH is 1. The van der Waals surface area contributed by atoms with Gasteiger partial charge in [0.15, 0.2) is 0 Å². The first kappa shape index (κ1) is 34.4. The van der Waals surface area contributed by atoms with Crippen LogP contribution in [0.15, 0.2) is 87.2 Å². The Kier molecular flexibility index (Phi) is 25.3. The molecule has 1 aromatic rings. The zero-order valence-electron chi connectivity index (χ0n) is 19.5. The quantitative estimate of drug-likeness (QED) is 0.177. The van der Waals surface area contributed by atoms with Crippen molar-refractivity contribution in [2.45, 2.75) is 19.8 Å². The molecular weight excluding hydrogens is 440 g/mol. The summed E-state index contributed by atoms with van der Waals surface area (Å²) < 4.78 is 4.17. The molecule has 0 radical (unpaired) electrons. The predicted octanol–water partition coefficient (Wildman–Crippen LogP) is 2.97. The van der Waals surface area contributed by atoms with Crippen LogP contribution in [0.3, 0.4) is 0 Å². The number of aliphatic hydroxyl groups is 1. The van der Waals surface area contributed by atoms with E-state index in [1.807, 2.05) is 36.4 Å². The summed E-state index contributed by atoms with van der Waals surface area (Å²) in [4.78, 5) is 40.7. The molecule has 0 aliphatic heterocycles. The van der Waals surface area contributed by atoms with Crippen molar-refractivity contribution in [2.24, 2.45) is 0 Å². The van der Waals surface area contributed by atoms with Crippen LogP contribution in [-0.2, 0) is 23.9 Å². The van der Waals surface area contributed by atoms with Gasteiger partial charge >= 0.3 is 11.9 Å².